The molecule has 2 rings (SSSR count). The first-order chi connectivity index (χ1) is 7.68. The van der Waals surface area contributed by atoms with Crippen molar-refractivity contribution in [2.45, 2.75) is 13.0 Å². The van der Waals surface area contributed by atoms with Gasteiger partial charge in [0.2, 0.25) is 0 Å². The summed E-state index contributed by atoms with van der Waals surface area (Å²) in [5, 5.41) is 3.57. The van der Waals surface area contributed by atoms with E-state index >= 15 is 0 Å². The SMILES string of the molecule is CC1CN(C(=O)c2cccnc2Cl)CCN1.Cl. The first-order valence-electron chi connectivity index (χ1n) is 5.31. The molecule has 6 heteroatoms. The Morgan fingerprint density at radius 2 is 2.41 bits per heavy atom. The zero-order chi connectivity index (χ0) is 11.5. The summed E-state index contributed by atoms with van der Waals surface area (Å²) in [5.74, 6) is -0.0357. The highest BCUT2D eigenvalue weighted by Crippen LogP contribution is 2.15. The van der Waals surface area contributed by atoms with Crippen LogP contribution in [0.5, 0.6) is 0 Å². The van der Waals surface area contributed by atoms with Gasteiger partial charge in [0.25, 0.3) is 5.91 Å². The second-order valence-corrected chi connectivity index (χ2v) is 4.31. The molecule has 17 heavy (non-hydrogen) atoms. The van der Waals surface area contributed by atoms with Crippen molar-refractivity contribution in [1.29, 1.82) is 0 Å². The third-order valence-corrected chi connectivity index (χ3v) is 2.95. The Kier molecular flexibility index (Phi) is 5.18. The molecule has 0 radical (unpaired) electrons. The van der Waals surface area contributed by atoms with Crippen molar-refractivity contribution < 1.29 is 4.79 Å². The maximum Gasteiger partial charge on any atom is 0.257 e. The molecule has 1 aliphatic rings. The van der Waals surface area contributed by atoms with Crippen LogP contribution in [0.1, 0.15) is 17.3 Å². The van der Waals surface area contributed by atoms with Crippen LogP contribution in [0.4, 0.5) is 0 Å². The van der Waals surface area contributed by atoms with E-state index in [1.54, 1.807) is 18.3 Å². The minimum absolute atomic E-state index is 0. The lowest BCUT2D eigenvalue weighted by molar-refractivity contribution is 0.0709. The van der Waals surface area contributed by atoms with E-state index in [1.165, 1.54) is 0 Å². The Bertz CT molecular complexity index is 400. The molecule has 0 bridgehead atoms. The molecule has 0 spiro atoms. The molecule has 1 unspecified atom stereocenters. The molecule has 1 aromatic heterocycles. The number of carbonyl (C=O) groups excluding carboxylic acids is 1. The third-order valence-electron chi connectivity index (χ3n) is 2.65. The van der Waals surface area contributed by atoms with Crippen LogP contribution in [-0.2, 0) is 0 Å². The van der Waals surface area contributed by atoms with Gasteiger partial charge in [-0.1, -0.05) is 11.6 Å². The summed E-state index contributed by atoms with van der Waals surface area (Å²) in [6.07, 6.45) is 1.58. The van der Waals surface area contributed by atoms with Gasteiger partial charge in [0.1, 0.15) is 5.15 Å². The van der Waals surface area contributed by atoms with E-state index in [0.29, 0.717) is 24.7 Å². The quantitative estimate of drug-likeness (QED) is 0.792. The summed E-state index contributed by atoms with van der Waals surface area (Å²) in [4.78, 5) is 17.9. The van der Waals surface area contributed by atoms with Gasteiger partial charge in [-0.05, 0) is 19.1 Å². The van der Waals surface area contributed by atoms with E-state index in [4.69, 9.17) is 11.6 Å². The van der Waals surface area contributed by atoms with Crippen molar-refractivity contribution in [3.8, 4) is 0 Å². The normalized spacial score (nSPS) is 19.6. The molecule has 0 aliphatic carbocycles. The number of nitrogens with one attached hydrogen (secondary N) is 1. The molecule has 94 valence electrons. The van der Waals surface area contributed by atoms with E-state index in [0.717, 1.165) is 6.54 Å². The molecule has 1 aliphatic heterocycles. The standard InChI is InChI=1S/C11H14ClN3O.ClH/c1-8-7-15(6-5-13-8)11(16)9-3-2-4-14-10(9)12;/h2-4,8,13H,5-7H2,1H3;1H. The minimum Gasteiger partial charge on any atom is -0.336 e. The monoisotopic (exact) mass is 275 g/mol. The summed E-state index contributed by atoms with van der Waals surface area (Å²) in [5.41, 5.74) is 0.485. The Morgan fingerprint density at radius 3 is 3.06 bits per heavy atom. The number of halogens is 2. The average molecular weight is 276 g/mol. The molecule has 1 amide bonds. The van der Waals surface area contributed by atoms with Gasteiger partial charge in [-0.2, -0.15) is 0 Å². The van der Waals surface area contributed by atoms with Gasteiger partial charge < -0.3 is 10.2 Å². The first-order valence-corrected chi connectivity index (χ1v) is 5.69. The predicted octanol–water partition coefficient (Wildman–Crippen LogP) is 1.59. The maximum absolute atomic E-state index is 12.1. The van der Waals surface area contributed by atoms with Crippen LogP contribution >= 0.6 is 24.0 Å². The highest BCUT2D eigenvalue weighted by Gasteiger charge is 2.23. The second-order valence-electron chi connectivity index (χ2n) is 3.95. The number of rotatable bonds is 1. The molecular weight excluding hydrogens is 261 g/mol. The number of carbonyl (C=O) groups is 1. The number of hydrogen-bond donors (Lipinski definition) is 1. The highest BCUT2D eigenvalue weighted by atomic mass is 35.5. The molecule has 1 aromatic rings. The van der Waals surface area contributed by atoms with Crippen molar-refractivity contribution in [2.24, 2.45) is 0 Å². The summed E-state index contributed by atoms with van der Waals surface area (Å²) < 4.78 is 0. The Labute approximate surface area is 112 Å². The van der Waals surface area contributed by atoms with Gasteiger partial charge >= 0.3 is 0 Å². The summed E-state index contributed by atoms with van der Waals surface area (Å²) in [6.45, 7) is 4.31. The van der Waals surface area contributed by atoms with Crippen LogP contribution < -0.4 is 5.32 Å². The molecule has 1 N–H and O–H groups in total. The van der Waals surface area contributed by atoms with E-state index < -0.39 is 0 Å². The molecule has 0 aromatic carbocycles. The smallest absolute Gasteiger partial charge is 0.257 e. The number of aromatic nitrogens is 1. The van der Waals surface area contributed by atoms with E-state index in [9.17, 15) is 4.79 Å². The van der Waals surface area contributed by atoms with Crippen molar-refractivity contribution in [1.82, 2.24) is 15.2 Å². The van der Waals surface area contributed by atoms with Gasteiger partial charge in [0, 0.05) is 31.9 Å². The van der Waals surface area contributed by atoms with Crippen molar-refractivity contribution in [3.63, 3.8) is 0 Å². The molecule has 1 atom stereocenters. The van der Waals surface area contributed by atoms with Crippen LogP contribution in [0.25, 0.3) is 0 Å². The summed E-state index contributed by atoms with van der Waals surface area (Å²) in [6, 6.07) is 3.77. The molecule has 4 nitrogen and oxygen atoms in total. The van der Waals surface area contributed by atoms with Crippen LogP contribution in [-0.4, -0.2) is 41.5 Å². The number of piperazine rings is 1. The Hall–Kier alpha value is -0.840. The number of pyridine rings is 1. The lowest BCUT2D eigenvalue weighted by Gasteiger charge is -2.32. The molecule has 0 saturated carbocycles. The van der Waals surface area contributed by atoms with Crippen LogP contribution in [0.2, 0.25) is 5.15 Å². The third kappa shape index (κ3) is 3.31. The lowest BCUT2D eigenvalue weighted by atomic mass is 10.2. The molecule has 1 saturated heterocycles. The van der Waals surface area contributed by atoms with Gasteiger partial charge in [-0.3, -0.25) is 4.79 Å². The zero-order valence-corrected chi connectivity index (χ0v) is 11.1. The number of nitrogens with zero attached hydrogens (tertiary/aromatic N) is 2. The van der Waals surface area contributed by atoms with Gasteiger partial charge in [-0.25, -0.2) is 4.98 Å². The average Bonchev–Trinajstić information content (AvgIpc) is 2.29. The lowest BCUT2D eigenvalue weighted by Crippen LogP contribution is -2.51. The van der Waals surface area contributed by atoms with E-state index in [-0.39, 0.29) is 23.5 Å². The maximum atomic E-state index is 12.1. The topological polar surface area (TPSA) is 45.2 Å². The van der Waals surface area contributed by atoms with Crippen molar-refractivity contribution in [3.05, 3.63) is 29.0 Å². The van der Waals surface area contributed by atoms with Gasteiger partial charge in [-0.15, -0.1) is 12.4 Å². The molecule has 2 heterocycles. The number of amides is 1. The van der Waals surface area contributed by atoms with Gasteiger partial charge in [0.05, 0.1) is 5.56 Å². The fraction of sp³-hybridized carbons (Fsp3) is 0.455. The highest BCUT2D eigenvalue weighted by molar-refractivity contribution is 6.32. The number of hydrogen-bond acceptors (Lipinski definition) is 3. The Balaban J connectivity index is 0.00000144. The predicted molar refractivity (Wildman–Crippen MR) is 69.9 cm³/mol. The Morgan fingerprint density at radius 1 is 1.65 bits per heavy atom. The van der Waals surface area contributed by atoms with Crippen molar-refractivity contribution >= 4 is 29.9 Å². The minimum atomic E-state index is -0.0357. The first kappa shape index (κ1) is 14.2. The summed E-state index contributed by atoms with van der Waals surface area (Å²) in [7, 11) is 0. The van der Waals surface area contributed by atoms with E-state index in [2.05, 4.69) is 17.2 Å². The fourth-order valence-electron chi connectivity index (χ4n) is 1.83. The molecule has 1 fully saturated rings. The fourth-order valence-corrected chi connectivity index (χ4v) is 2.03. The van der Waals surface area contributed by atoms with Crippen molar-refractivity contribution in [2.75, 3.05) is 19.6 Å². The van der Waals surface area contributed by atoms with Gasteiger partial charge in [0.15, 0.2) is 0 Å². The van der Waals surface area contributed by atoms with Crippen LogP contribution in [0.15, 0.2) is 18.3 Å². The largest absolute Gasteiger partial charge is 0.336 e. The zero-order valence-electron chi connectivity index (χ0n) is 9.52. The molecular formula is C11H15Cl2N3O. The second kappa shape index (κ2) is 6.19. The van der Waals surface area contributed by atoms with E-state index in [1.807, 2.05) is 4.90 Å². The van der Waals surface area contributed by atoms with Crippen LogP contribution in [0, 0.1) is 0 Å². The summed E-state index contributed by atoms with van der Waals surface area (Å²) >= 11 is 5.90. The van der Waals surface area contributed by atoms with Crippen LogP contribution in [0.3, 0.4) is 0 Å².